The molecule has 0 fully saturated rings. The number of hydrogen-bond donors (Lipinski definition) is 2. The van der Waals surface area contributed by atoms with E-state index >= 15 is 0 Å². The van der Waals surface area contributed by atoms with Crippen molar-refractivity contribution >= 4 is 49.7 Å². The molecule has 0 aromatic rings. The molecule has 86 valence electrons. The Morgan fingerprint density at radius 1 is 1.07 bits per heavy atom. The van der Waals surface area contributed by atoms with Crippen molar-refractivity contribution in [2.24, 2.45) is 5.92 Å². The molecule has 0 heterocycles. The standard InChI is InChI=1S/C10H18O4.Ca.2H/c1-2-3-4-5-6-7-8(9(11)12)10(13)14;;;/h8H,2-7H2,1H3,(H,11,12)(H,13,14);;;/q;+2;2*-1. The Labute approximate surface area is 123 Å². The van der Waals surface area contributed by atoms with Gasteiger partial charge in [-0.15, -0.1) is 0 Å². The third-order valence-electron chi connectivity index (χ3n) is 2.19. The summed E-state index contributed by atoms with van der Waals surface area (Å²) >= 11 is 0. The van der Waals surface area contributed by atoms with Crippen molar-refractivity contribution in [3.63, 3.8) is 0 Å². The topological polar surface area (TPSA) is 74.6 Å². The number of carbonyl (C=O) groups is 2. The number of carboxylic acids is 2. The summed E-state index contributed by atoms with van der Waals surface area (Å²) in [5.74, 6) is -3.68. The van der Waals surface area contributed by atoms with E-state index in [-0.39, 0.29) is 47.0 Å². The first-order chi connectivity index (χ1) is 6.59. The van der Waals surface area contributed by atoms with Crippen molar-refractivity contribution < 1.29 is 22.7 Å². The molecular weight excluding hydrogens is 224 g/mol. The van der Waals surface area contributed by atoms with E-state index in [1.54, 1.807) is 0 Å². The van der Waals surface area contributed by atoms with Gasteiger partial charge in [-0.2, -0.15) is 0 Å². The van der Waals surface area contributed by atoms with Crippen LogP contribution in [0.5, 0.6) is 0 Å². The molecule has 0 saturated heterocycles. The molecule has 2 N–H and O–H groups in total. The average Bonchev–Trinajstić information content (AvgIpc) is 2.09. The van der Waals surface area contributed by atoms with Crippen LogP contribution in [0.1, 0.15) is 48.3 Å². The summed E-state index contributed by atoms with van der Waals surface area (Å²) < 4.78 is 0. The SMILES string of the molecule is CCCCCCCC(C(=O)O)C(=O)O.[Ca+2].[H-].[H-]. The van der Waals surface area contributed by atoms with E-state index in [4.69, 9.17) is 10.2 Å². The molecule has 0 bridgehead atoms. The first kappa shape index (κ1) is 17.6. The molecule has 0 aromatic heterocycles. The Kier molecular flexibility index (Phi) is 12.6. The zero-order chi connectivity index (χ0) is 11.0. The second-order valence-electron chi connectivity index (χ2n) is 3.43. The molecule has 0 aromatic carbocycles. The van der Waals surface area contributed by atoms with Crippen LogP contribution in [0.25, 0.3) is 0 Å². The van der Waals surface area contributed by atoms with Crippen LogP contribution in [0.3, 0.4) is 0 Å². The molecule has 0 saturated carbocycles. The van der Waals surface area contributed by atoms with Gasteiger partial charge in [-0.1, -0.05) is 39.0 Å². The van der Waals surface area contributed by atoms with E-state index < -0.39 is 17.9 Å². The van der Waals surface area contributed by atoms with Gasteiger partial charge in [0.1, 0.15) is 0 Å². The molecule has 0 aliphatic carbocycles. The van der Waals surface area contributed by atoms with E-state index in [0.29, 0.717) is 6.42 Å². The minimum Gasteiger partial charge on any atom is -1.00 e. The van der Waals surface area contributed by atoms with Crippen molar-refractivity contribution in [3.8, 4) is 0 Å². The van der Waals surface area contributed by atoms with Gasteiger partial charge >= 0.3 is 49.7 Å². The predicted octanol–water partition coefficient (Wildman–Crippen LogP) is 1.98. The van der Waals surface area contributed by atoms with Crippen molar-refractivity contribution in [1.82, 2.24) is 0 Å². The molecule has 4 nitrogen and oxygen atoms in total. The minimum absolute atomic E-state index is 0. The van der Waals surface area contributed by atoms with Crippen LogP contribution < -0.4 is 0 Å². The normalized spacial score (nSPS) is 9.73. The van der Waals surface area contributed by atoms with Gasteiger partial charge in [-0.25, -0.2) is 0 Å². The Morgan fingerprint density at radius 2 is 1.53 bits per heavy atom. The summed E-state index contributed by atoms with van der Waals surface area (Å²) in [5, 5.41) is 17.1. The number of rotatable bonds is 8. The molecule has 0 atom stereocenters. The van der Waals surface area contributed by atoms with Gasteiger partial charge in [0.25, 0.3) is 0 Å². The Morgan fingerprint density at radius 3 is 1.93 bits per heavy atom. The second kappa shape index (κ2) is 10.7. The first-order valence-electron chi connectivity index (χ1n) is 5.05. The van der Waals surface area contributed by atoms with E-state index in [0.717, 1.165) is 25.7 Å². The first-order valence-corrected chi connectivity index (χ1v) is 5.05. The maximum absolute atomic E-state index is 10.5. The average molecular weight is 244 g/mol. The van der Waals surface area contributed by atoms with Gasteiger partial charge in [0, 0.05) is 0 Å². The molecule has 0 radical (unpaired) electrons. The minimum atomic E-state index is -1.23. The van der Waals surface area contributed by atoms with Crippen LogP contribution >= 0.6 is 0 Å². The number of aliphatic carboxylic acids is 2. The number of hydrogen-bond acceptors (Lipinski definition) is 2. The largest absolute Gasteiger partial charge is 2.00 e. The summed E-state index contributed by atoms with van der Waals surface area (Å²) in [7, 11) is 0. The van der Waals surface area contributed by atoms with Crippen LogP contribution in [0, 0.1) is 5.92 Å². The van der Waals surface area contributed by atoms with Gasteiger partial charge in [-0.05, 0) is 6.42 Å². The smallest absolute Gasteiger partial charge is 1.00 e. The van der Waals surface area contributed by atoms with Gasteiger partial charge in [0.15, 0.2) is 5.92 Å². The van der Waals surface area contributed by atoms with Crippen LogP contribution in [0.4, 0.5) is 0 Å². The maximum Gasteiger partial charge on any atom is 2.00 e. The zero-order valence-corrected chi connectivity index (χ0v) is 11.4. The molecule has 0 amide bonds. The third-order valence-corrected chi connectivity index (χ3v) is 2.19. The Balaban J connectivity index is -0.000000282. The van der Waals surface area contributed by atoms with Gasteiger partial charge in [0.05, 0.1) is 0 Å². The molecule has 0 unspecified atom stereocenters. The Hall–Kier alpha value is 0.200. The number of carboxylic acid groups (broad SMARTS) is 2. The van der Waals surface area contributed by atoms with Crippen molar-refractivity contribution in [2.45, 2.75) is 45.4 Å². The summed E-state index contributed by atoms with van der Waals surface area (Å²) in [4.78, 5) is 21.0. The van der Waals surface area contributed by atoms with E-state index in [1.807, 2.05) is 0 Å². The molecule has 0 aliphatic heterocycles. The molecule has 0 rings (SSSR count). The Bertz CT molecular complexity index is 189. The molecule has 0 spiro atoms. The fourth-order valence-corrected chi connectivity index (χ4v) is 1.30. The second-order valence-corrected chi connectivity index (χ2v) is 3.43. The van der Waals surface area contributed by atoms with Crippen LogP contribution in [0.15, 0.2) is 0 Å². The molecular formula is C10H20CaO4. The van der Waals surface area contributed by atoms with Crippen LogP contribution in [-0.4, -0.2) is 59.9 Å². The van der Waals surface area contributed by atoms with Gasteiger partial charge < -0.3 is 13.1 Å². The molecule has 15 heavy (non-hydrogen) atoms. The monoisotopic (exact) mass is 244 g/mol. The van der Waals surface area contributed by atoms with E-state index in [1.165, 1.54) is 0 Å². The fourth-order valence-electron chi connectivity index (χ4n) is 1.30. The van der Waals surface area contributed by atoms with Crippen LogP contribution in [-0.2, 0) is 9.59 Å². The maximum atomic E-state index is 10.5. The molecule has 5 heteroatoms. The van der Waals surface area contributed by atoms with Crippen molar-refractivity contribution in [2.75, 3.05) is 0 Å². The van der Waals surface area contributed by atoms with Crippen molar-refractivity contribution in [1.29, 1.82) is 0 Å². The van der Waals surface area contributed by atoms with Crippen LogP contribution in [0.2, 0.25) is 0 Å². The summed E-state index contributed by atoms with van der Waals surface area (Å²) in [5.41, 5.74) is 0. The van der Waals surface area contributed by atoms with E-state index in [9.17, 15) is 9.59 Å². The van der Waals surface area contributed by atoms with Crippen molar-refractivity contribution in [3.05, 3.63) is 0 Å². The number of unbranched alkanes of at least 4 members (excludes halogenated alkanes) is 4. The summed E-state index contributed by atoms with van der Waals surface area (Å²) in [6, 6.07) is 0. The third kappa shape index (κ3) is 9.15. The quantitative estimate of drug-likeness (QED) is 0.389. The summed E-state index contributed by atoms with van der Waals surface area (Å²) in [6.45, 7) is 2.09. The zero-order valence-electron chi connectivity index (χ0n) is 11.2. The predicted molar refractivity (Wildman–Crippen MR) is 60.1 cm³/mol. The van der Waals surface area contributed by atoms with E-state index in [2.05, 4.69) is 6.92 Å². The molecule has 0 aliphatic rings. The summed E-state index contributed by atoms with van der Waals surface area (Å²) in [6.07, 6.45) is 5.16. The van der Waals surface area contributed by atoms with Gasteiger partial charge in [-0.3, -0.25) is 9.59 Å². The van der Waals surface area contributed by atoms with Gasteiger partial charge in [0.2, 0.25) is 0 Å². The fraction of sp³-hybridized carbons (Fsp3) is 0.800.